The Kier molecular flexibility index (Phi) is 4.51. The van der Waals surface area contributed by atoms with Gasteiger partial charge in [-0.1, -0.05) is 32.4 Å². The van der Waals surface area contributed by atoms with E-state index in [1.54, 1.807) is 18.2 Å². The van der Waals surface area contributed by atoms with Crippen LogP contribution in [0.3, 0.4) is 0 Å². The fraction of sp³-hybridized carbons (Fsp3) is 0.526. The van der Waals surface area contributed by atoms with E-state index in [0.29, 0.717) is 29.3 Å². The summed E-state index contributed by atoms with van der Waals surface area (Å²) in [6.07, 6.45) is 1.35. The summed E-state index contributed by atoms with van der Waals surface area (Å²) in [6.45, 7) is 5.55. The van der Waals surface area contributed by atoms with Crippen molar-refractivity contribution in [2.24, 2.45) is 16.7 Å². The number of likely N-dealkylation sites (tertiary alicyclic amines) is 1. The average molecular weight is 379 g/mol. The molecule has 140 valence electrons. The van der Waals surface area contributed by atoms with Crippen molar-refractivity contribution in [2.75, 3.05) is 19.0 Å². The van der Waals surface area contributed by atoms with E-state index in [2.05, 4.69) is 5.32 Å². The first-order chi connectivity index (χ1) is 12.1. The smallest absolute Gasteiger partial charge is 0.244 e. The third-order valence-electron chi connectivity index (χ3n) is 6.24. The van der Waals surface area contributed by atoms with Gasteiger partial charge in [0.05, 0.1) is 17.5 Å². The molecule has 1 heterocycles. The number of imide groups is 1. The lowest BCUT2D eigenvalue weighted by atomic mass is 9.62. The molecule has 1 aliphatic carbocycles. The van der Waals surface area contributed by atoms with Crippen LogP contribution in [0.2, 0.25) is 5.02 Å². The highest BCUT2D eigenvalue weighted by molar-refractivity contribution is 6.32. The van der Waals surface area contributed by atoms with Crippen LogP contribution in [-0.4, -0.2) is 36.3 Å². The van der Waals surface area contributed by atoms with E-state index in [1.165, 1.54) is 7.11 Å². The molecule has 1 aromatic rings. The molecule has 1 saturated carbocycles. The largest absolute Gasteiger partial charge is 0.495 e. The first kappa shape index (κ1) is 18.7. The zero-order chi connectivity index (χ0) is 19.3. The van der Waals surface area contributed by atoms with Crippen molar-refractivity contribution in [3.63, 3.8) is 0 Å². The molecule has 7 heteroatoms. The van der Waals surface area contributed by atoms with Gasteiger partial charge in [-0.25, -0.2) is 0 Å². The summed E-state index contributed by atoms with van der Waals surface area (Å²) in [6, 6.07) is 4.85. The topological polar surface area (TPSA) is 75.7 Å². The lowest BCUT2D eigenvalue weighted by molar-refractivity contribution is -0.168. The van der Waals surface area contributed by atoms with E-state index in [4.69, 9.17) is 16.3 Å². The van der Waals surface area contributed by atoms with E-state index >= 15 is 0 Å². The van der Waals surface area contributed by atoms with Crippen molar-refractivity contribution in [3.05, 3.63) is 23.2 Å². The predicted molar refractivity (Wildman–Crippen MR) is 98.0 cm³/mol. The Labute approximate surface area is 157 Å². The third kappa shape index (κ3) is 2.67. The van der Waals surface area contributed by atoms with Gasteiger partial charge in [0.1, 0.15) is 12.3 Å². The minimum absolute atomic E-state index is 0.228. The molecule has 0 aromatic heterocycles. The summed E-state index contributed by atoms with van der Waals surface area (Å²) < 4.78 is 5.07. The number of carbonyl (C=O) groups excluding carboxylic acids is 3. The normalized spacial score (nSPS) is 26.8. The number of hydrogen-bond acceptors (Lipinski definition) is 4. The van der Waals surface area contributed by atoms with Gasteiger partial charge in [-0.3, -0.25) is 19.3 Å². The van der Waals surface area contributed by atoms with Crippen LogP contribution in [0, 0.1) is 16.7 Å². The summed E-state index contributed by atoms with van der Waals surface area (Å²) >= 11 is 6.05. The summed E-state index contributed by atoms with van der Waals surface area (Å²) in [5.74, 6) is -0.677. The van der Waals surface area contributed by atoms with Gasteiger partial charge in [-0.15, -0.1) is 0 Å². The summed E-state index contributed by atoms with van der Waals surface area (Å²) in [5, 5.41) is 3.04. The molecular weight excluding hydrogens is 356 g/mol. The molecule has 6 nitrogen and oxygen atoms in total. The molecule has 0 spiro atoms. The second-order valence-electron chi connectivity index (χ2n) is 7.77. The van der Waals surface area contributed by atoms with Crippen molar-refractivity contribution >= 4 is 35.0 Å². The number of hydrogen-bond donors (Lipinski definition) is 1. The van der Waals surface area contributed by atoms with Crippen molar-refractivity contribution in [3.8, 4) is 5.75 Å². The quantitative estimate of drug-likeness (QED) is 0.817. The number of halogens is 1. The molecule has 2 atom stereocenters. The Morgan fingerprint density at radius 1 is 1.35 bits per heavy atom. The number of piperidine rings is 1. The highest BCUT2D eigenvalue weighted by atomic mass is 35.5. The molecule has 0 radical (unpaired) electrons. The molecule has 2 fully saturated rings. The Morgan fingerprint density at radius 2 is 2.04 bits per heavy atom. The van der Waals surface area contributed by atoms with Crippen molar-refractivity contribution < 1.29 is 19.1 Å². The first-order valence-corrected chi connectivity index (χ1v) is 8.99. The molecule has 1 aliphatic heterocycles. The number of methoxy groups -OCH3 is 1. The van der Waals surface area contributed by atoms with Crippen LogP contribution in [0.1, 0.15) is 33.6 Å². The van der Waals surface area contributed by atoms with Crippen LogP contribution in [-0.2, 0) is 14.4 Å². The molecule has 26 heavy (non-hydrogen) atoms. The number of benzene rings is 1. The molecule has 1 aromatic carbocycles. The Morgan fingerprint density at radius 3 is 2.65 bits per heavy atom. The van der Waals surface area contributed by atoms with Gasteiger partial charge in [0.25, 0.3) is 0 Å². The number of carbonyl (C=O) groups is 3. The molecule has 1 N–H and O–H groups in total. The van der Waals surface area contributed by atoms with E-state index in [0.717, 1.165) is 4.90 Å². The van der Waals surface area contributed by atoms with Crippen molar-refractivity contribution in [2.45, 2.75) is 33.6 Å². The van der Waals surface area contributed by atoms with E-state index < -0.39 is 16.7 Å². The van der Waals surface area contributed by atoms with Gasteiger partial charge in [0, 0.05) is 11.6 Å². The molecule has 1 saturated heterocycles. The Hall–Kier alpha value is -2.08. The maximum absolute atomic E-state index is 12.9. The second kappa shape index (κ2) is 6.27. The molecule has 3 amide bonds. The van der Waals surface area contributed by atoms with Crippen LogP contribution in [0.5, 0.6) is 5.75 Å². The van der Waals surface area contributed by atoms with Crippen molar-refractivity contribution in [1.82, 2.24) is 4.90 Å². The Bertz CT molecular complexity index is 792. The van der Waals surface area contributed by atoms with Crippen LogP contribution < -0.4 is 10.1 Å². The second-order valence-corrected chi connectivity index (χ2v) is 8.18. The van der Waals surface area contributed by atoms with Crippen LogP contribution in [0.25, 0.3) is 0 Å². The highest BCUT2D eigenvalue weighted by Gasteiger charge is 2.64. The number of amides is 3. The summed E-state index contributed by atoms with van der Waals surface area (Å²) in [5.41, 5.74) is -0.528. The molecular formula is C19H23ClN2O4. The van der Waals surface area contributed by atoms with Gasteiger partial charge in [-0.2, -0.15) is 0 Å². The minimum Gasteiger partial charge on any atom is -0.495 e. The number of rotatable bonds is 4. The van der Waals surface area contributed by atoms with Crippen LogP contribution in [0.4, 0.5) is 5.69 Å². The van der Waals surface area contributed by atoms with E-state index in [9.17, 15) is 14.4 Å². The lowest BCUT2D eigenvalue weighted by Gasteiger charge is -2.47. The molecule has 3 rings (SSSR count). The summed E-state index contributed by atoms with van der Waals surface area (Å²) in [7, 11) is 1.50. The van der Waals surface area contributed by atoms with Crippen LogP contribution in [0.15, 0.2) is 18.2 Å². The number of nitrogens with one attached hydrogen (secondary N) is 1. The lowest BCUT2D eigenvalue weighted by Crippen LogP contribution is -2.60. The minimum atomic E-state index is -0.616. The van der Waals surface area contributed by atoms with Gasteiger partial charge in [0.15, 0.2) is 0 Å². The fourth-order valence-corrected chi connectivity index (χ4v) is 4.40. The third-order valence-corrected chi connectivity index (χ3v) is 6.54. The molecule has 2 unspecified atom stereocenters. The fourth-order valence-electron chi connectivity index (χ4n) is 4.14. The summed E-state index contributed by atoms with van der Waals surface area (Å²) in [4.78, 5) is 39.2. The zero-order valence-corrected chi connectivity index (χ0v) is 16.1. The molecule has 2 aliphatic rings. The maximum Gasteiger partial charge on any atom is 0.244 e. The monoisotopic (exact) mass is 378 g/mol. The van der Waals surface area contributed by atoms with Gasteiger partial charge >= 0.3 is 0 Å². The average Bonchev–Trinajstić information content (AvgIpc) is 2.76. The van der Waals surface area contributed by atoms with Gasteiger partial charge in [0.2, 0.25) is 17.7 Å². The van der Waals surface area contributed by atoms with Crippen LogP contribution >= 0.6 is 11.6 Å². The number of nitrogens with zero attached hydrogens (tertiary/aromatic N) is 1. The van der Waals surface area contributed by atoms with E-state index in [-0.39, 0.29) is 24.3 Å². The van der Waals surface area contributed by atoms with E-state index in [1.807, 2.05) is 20.8 Å². The molecule has 2 bridgehead atoms. The number of anilines is 1. The van der Waals surface area contributed by atoms with Gasteiger partial charge < -0.3 is 10.1 Å². The van der Waals surface area contributed by atoms with Gasteiger partial charge in [-0.05, 0) is 36.5 Å². The number of fused-ring (bicyclic) bond motifs is 2. The highest BCUT2D eigenvalue weighted by Crippen LogP contribution is 2.59. The predicted octanol–water partition coefficient (Wildman–Crippen LogP) is 3.10. The SMILES string of the molecule is COc1ccc(NC(=O)CN2C(=O)C3CCC(C)(C2=O)C3(C)C)cc1Cl. The van der Waals surface area contributed by atoms with Crippen molar-refractivity contribution in [1.29, 1.82) is 0 Å². The Balaban J connectivity index is 1.75. The maximum atomic E-state index is 12.9. The number of ether oxygens (including phenoxy) is 1. The standard InChI is InChI=1S/C19H23ClN2O4/c1-18(2)12-7-8-19(18,3)17(25)22(16(12)24)10-15(23)21-11-5-6-14(26-4)13(20)9-11/h5-6,9,12H,7-8,10H2,1-4H3,(H,21,23). The first-order valence-electron chi connectivity index (χ1n) is 8.61. The zero-order valence-electron chi connectivity index (χ0n) is 15.4.